The van der Waals surface area contributed by atoms with Crippen molar-refractivity contribution < 1.29 is 19.1 Å². The number of aromatic nitrogens is 1. The van der Waals surface area contributed by atoms with Gasteiger partial charge in [-0.1, -0.05) is 0 Å². The van der Waals surface area contributed by atoms with Crippen molar-refractivity contribution in [3.63, 3.8) is 0 Å². The lowest BCUT2D eigenvalue weighted by Crippen LogP contribution is -2.43. The van der Waals surface area contributed by atoms with Crippen LogP contribution in [0.1, 0.15) is 58.8 Å². The molecule has 1 aromatic heterocycles. The van der Waals surface area contributed by atoms with Crippen LogP contribution in [0, 0.1) is 13.8 Å². The highest BCUT2D eigenvalue weighted by molar-refractivity contribution is 6.06. The fourth-order valence-corrected chi connectivity index (χ4v) is 3.26. The van der Waals surface area contributed by atoms with Crippen molar-refractivity contribution in [3.05, 3.63) is 22.5 Å². The molecule has 6 nitrogen and oxygen atoms in total. The zero-order valence-corrected chi connectivity index (χ0v) is 14.6. The van der Waals surface area contributed by atoms with Gasteiger partial charge in [-0.25, -0.2) is 4.79 Å². The van der Waals surface area contributed by atoms with Gasteiger partial charge < -0.3 is 14.2 Å². The van der Waals surface area contributed by atoms with Crippen LogP contribution < -0.4 is 0 Å². The molecule has 0 bridgehead atoms. The second-order valence-corrected chi connectivity index (χ2v) is 6.18. The molecule has 0 unspecified atom stereocenters. The van der Waals surface area contributed by atoms with E-state index < -0.39 is 12.0 Å². The van der Waals surface area contributed by atoms with Gasteiger partial charge in [-0.3, -0.25) is 9.59 Å². The van der Waals surface area contributed by atoms with Gasteiger partial charge >= 0.3 is 5.97 Å². The lowest BCUT2D eigenvalue weighted by molar-refractivity contribution is -0.130. The highest BCUT2D eigenvalue weighted by Gasteiger charge is 2.38. The zero-order valence-electron chi connectivity index (χ0n) is 14.6. The Morgan fingerprint density at radius 3 is 2.26 bits per heavy atom. The summed E-state index contributed by atoms with van der Waals surface area (Å²) in [6.07, 6.45) is 1.88. The standard InChI is InChI=1S/C17H24N2O4/c1-9-14(10(2)18(5)15(9)17(22)23-6)16(21)11(3)19(12(4)20)13-7-8-13/h11,13H,7-8H2,1-6H3/t11-/m0/s1. The second-order valence-electron chi connectivity index (χ2n) is 6.18. The maximum absolute atomic E-state index is 13.0. The van der Waals surface area contributed by atoms with Gasteiger partial charge in [0.1, 0.15) is 5.69 Å². The number of rotatable bonds is 5. The van der Waals surface area contributed by atoms with Crippen LogP contribution in [0.2, 0.25) is 0 Å². The third kappa shape index (κ3) is 2.90. The Balaban J connectivity index is 2.43. The third-order valence-corrected chi connectivity index (χ3v) is 4.66. The van der Waals surface area contributed by atoms with Crippen molar-refractivity contribution in [2.75, 3.05) is 7.11 Å². The number of nitrogens with zero attached hydrogens (tertiary/aromatic N) is 2. The van der Waals surface area contributed by atoms with E-state index in [2.05, 4.69) is 0 Å². The largest absolute Gasteiger partial charge is 0.464 e. The van der Waals surface area contributed by atoms with E-state index in [4.69, 9.17) is 4.74 Å². The average Bonchev–Trinajstić information content (AvgIpc) is 3.27. The summed E-state index contributed by atoms with van der Waals surface area (Å²) in [5, 5.41) is 0. The summed E-state index contributed by atoms with van der Waals surface area (Å²) in [5.41, 5.74) is 2.20. The number of esters is 1. The van der Waals surface area contributed by atoms with E-state index >= 15 is 0 Å². The third-order valence-electron chi connectivity index (χ3n) is 4.66. The molecule has 0 radical (unpaired) electrons. The van der Waals surface area contributed by atoms with E-state index in [1.807, 2.05) is 0 Å². The summed E-state index contributed by atoms with van der Waals surface area (Å²) in [5.74, 6) is -0.689. The van der Waals surface area contributed by atoms with E-state index in [1.54, 1.807) is 37.3 Å². The highest BCUT2D eigenvalue weighted by atomic mass is 16.5. The number of Topliss-reactive ketones (excluding diaryl/α,β-unsaturated/α-hetero) is 1. The summed E-state index contributed by atoms with van der Waals surface area (Å²) in [6, 6.07) is -0.374. The Morgan fingerprint density at radius 2 is 1.83 bits per heavy atom. The van der Waals surface area contributed by atoms with E-state index in [-0.39, 0.29) is 17.7 Å². The number of amides is 1. The minimum Gasteiger partial charge on any atom is -0.464 e. The molecule has 0 aromatic carbocycles. The van der Waals surface area contributed by atoms with Crippen molar-refractivity contribution in [3.8, 4) is 0 Å². The SMILES string of the molecule is COC(=O)c1c(C)c(C(=O)[C@H](C)N(C(C)=O)C2CC2)c(C)n1C. The molecule has 1 heterocycles. The lowest BCUT2D eigenvalue weighted by Gasteiger charge is -2.27. The normalized spacial score (nSPS) is 15.2. The molecule has 1 fully saturated rings. The average molecular weight is 320 g/mol. The van der Waals surface area contributed by atoms with Gasteiger partial charge in [-0.05, 0) is 39.2 Å². The molecule has 1 amide bonds. The summed E-state index contributed by atoms with van der Waals surface area (Å²) < 4.78 is 6.48. The first-order chi connectivity index (χ1) is 10.7. The molecule has 0 N–H and O–H groups in total. The number of hydrogen-bond donors (Lipinski definition) is 0. The zero-order chi connectivity index (χ0) is 17.5. The second kappa shape index (κ2) is 6.18. The molecule has 0 spiro atoms. The van der Waals surface area contributed by atoms with Gasteiger partial charge in [0.05, 0.1) is 13.2 Å². The molecule has 1 atom stereocenters. The summed E-state index contributed by atoms with van der Waals surface area (Å²) >= 11 is 0. The van der Waals surface area contributed by atoms with Crippen LogP contribution in [-0.4, -0.2) is 46.3 Å². The molecule has 6 heteroatoms. The number of ketones is 1. The minimum absolute atomic E-state index is 0.0900. The first-order valence-corrected chi connectivity index (χ1v) is 7.79. The molecule has 1 aliphatic carbocycles. The predicted octanol–water partition coefficient (Wildman–Crippen LogP) is 2.01. The van der Waals surface area contributed by atoms with Crippen LogP contribution in [0.3, 0.4) is 0 Å². The minimum atomic E-state index is -0.537. The molecular formula is C17H24N2O4. The summed E-state index contributed by atoms with van der Waals surface area (Å²) in [4.78, 5) is 38.5. The van der Waals surface area contributed by atoms with Gasteiger partial charge in [-0.2, -0.15) is 0 Å². The maximum Gasteiger partial charge on any atom is 0.354 e. The number of carbonyl (C=O) groups excluding carboxylic acids is 3. The van der Waals surface area contributed by atoms with Crippen molar-refractivity contribution in [2.45, 2.75) is 52.6 Å². The fourth-order valence-electron chi connectivity index (χ4n) is 3.26. The molecule has 1 aliphatic rings. The van der Waals surface area contributed by atoms with Crippen LogP contribution in [0.4, 0.5) is 0 Å². The Morgan fingerprint density at radius 1 is 1.26 bits per heavy atom. The molecule has 1 aromatic rings. The van der Waals surface area contributed by atoms with E-state index in [0.717, 1.165) is 12.8 Å². The smallest absolute Gasteiger partial charge is 0.354 e. The van der Waals surface area contributed by atoms with Gasteiger partial charge in [-0.15, -0.1) is 0 Å². The number of hydrogen-bond acceptors (Lipinski definition) is 4. The van der Waals surface area contributed by atoms with Crippen molar-refractivity contribution >= 4 is 17.7 Å². The number of ether oxygens (including phenoxy) is 1. The molecule has 2 rings (SSSR count). The molecule has 126 valence electrons. The summed E-state index contributed by atoms with van der Waals surface area (Å²) in [6.45, 7) is 6.79. The Labute approximate surface area is 136 Å². The predicted molar refractivity (Wildman–Crippen MR) is 85.6 cm³/mol. The van der Waals surface area contributed by atoms with Crippen LogP contribution in [-0.2, 0) is 16.6 Å². The first kappa shape index (κ1) is 17.2. The van der Waals surface area contributed by atoms with Crippen LogP contribution in [0.25, 0.3) is 0 Å². The van der Waals surface area contributed by atoms with E-state index in [1.165, 1.54) is 14.0 Å². The van der Waals surface area contributed by atoms with Crippen LogP contribution in [0.5, 0.6) is 0 Å². The molecule has 0 aliphatic heterocycles. The molecule has 1 saturated carbocycles. The highest BCUT2D eigenvalue weighted by Crippen LogP contribution is 2.31. The molecule has 0 saturated heterocycles. The fraction of sp³-hybridized carbons (Fsp3) is 0.588. The van der Waals surface area contributed by atoms with Crippen LogP contribution in [0.15, 0.2) is 0 Å². The molecule has 23 heavy (non-hydrogen) atoms. The lowest BCUT2D eigenvalue weighted by atomic mass is 9.99. The van der Waals surface area contributed by atoms with Gasteiger partial charge in [0.2, 0.25) is 5.91 Å². The maximum atomic E-state index is 13.0. The van der Waals surface area contributed by atoms with Crippen molar-refractivity contribution in [1.82, 2.24) is 9.47 Å². The van der Waals surface area contributed by atoms with Crippen molar-refractivity contribution in [2.24, 2.45) is 7.05 Å². The Kier molecular flexibility index (Phi) is 4.63. The first-order valence-electron chi connectivity index (χ1n) is 7.79. The van der Waals surface area contributed by atoms with Gasteiger partial charge in [0.15, 0.2) is 5.78 Å². The van der Waals surface area contributed by atoms with Gasteiger partial charge in [0, 0.05) is 31.3 Å². The Hall–Kier alpha value is -2.11. The van der Waals surface area contributed by atoms with Crippen molar-refractivity contribution in [1.29, 1.82) is 0 Å². The van der Waals surface area contributed by atoms with Crippen LogP contribution >= 0.6 is 0 Å². The van der Waals surface area contributed by atoms with Gasteiger partial charge in [0.25, 0.3) is 0 Å². The molecular weight excluding hydrogens is 296 g/mol. The van der Waals surface area contributed by atoms with E-state index in [0.29, 0.717) is 22.5 Å². The topological polar surface area (TPSA) is 68.6 Å². The Bertz CT molecular complexity index is 671. The number of methoxy groups -OCH3 is 1. The summed E-state index contributed by atoms with van der Waals surface area (Å²) in [7, 11) is 3.05. The number of carbonyl (C=O) groups is 3. The van der Waals surface area contributed by atoms with E-state index in [9.17, 15) is 14.4 Å². The monoisotopic (exact) mass is 320 g/mol. The quantitative estimate of drug-likeness (QED) is 0.615.